The van der Waals surface area contributed by atoms with Crippen LogP contribution >= 0.6 is 23.2 Å². The summed E-state index contributed by atoms with van der Waals surface area (Å²) in [5.41, 5.74) is 7.27. The number of halogens is 2. The van der Waals surface area contributed by atoms with E-state index in [0.29, 0.717) is 77.2 Å². The van der Waals surface area contributed by atoms with Gasteiger partial charge < -0.3 is 24.6 Å². The van der Waals surface area contributed by atoms with Gasteiger partial charge in [-0.25, -0.2) is 4.98 Å². The molecule has 2 N–H and O–H groups in total. The molecule has 3 heterocycles. The maximum absolute atomic E-state index is 11.7. The first-order valence-electron chi connectivity index (χ1n) is 17.7. The molecule has 0 bridgehead atoms. The molecule has 10 nitrogen and oxygen atoms in total. The van der Waals surface area contributed by atoms with E-state index in [9.17, 15) is 14.7 Å². The summed E-state index contributed by atoms with van der Waals surface area (Å²) in [6, 6.07) is 17.3. The van der Waals surface area contributed by atoms with Crippen LogP contribution in [0, 0.1) is 11.8 Å². The fraction of sp³-hybridized carbons (Fsp3) is 0.400. The van der Waals surface area contributed by atoms with Crippen LogP contribution in [0.1, 0.15) is 61.0 Å². The van der Waals surface area contributed by atoms with Crippen molar-refractivity contribution >= 4 is 35.0 Å². The number of ketones is 1. The second-order valence-corrected chi connectivity index (χ2v) is 14.7. The second kappa shape index (κ2) is 15.4. The van der Waals surface area contributed by atoms with E-state index in [2.05, 4.69) is 22.4 Å². The highest BCUT2D eigenvalue weighted by Gasteiger charge is 2.41. The largest absolute Gasteiger partial charge is 0.481 e. The number of hydrogen-bond donors (Lipinski definition) is 2. The SMILES string of the molecule is COc1nc(-c2cccc(-c3cccc4c3CC[C@@H]4Oc3nc(OC)c(CN4C[C@@H](C)[C@H]4C(=O)O)cc3Cl)c2Cl)ccc1CNC[C@@H]1CCC(=O)C1. The lowest BCUT2D eigenvalue weighted by Gasteiger charge is -2.44. The minimum Gasteiger partial charge on any atom is -0.481 e. The van der Waals surface area contributed by atoms with E-state index in [0.717, 1.165) is 59.2 Å². The average Bonchev–Trinajstić information content (AvgIpc) is 3.74. The summed E-state index contributed by atoms with van der Waals surface area (Å²) in [5, 5.41) is 14.0. The zero-order chi connectivity index (χ0) is 36.5. The number of carboxylic acids is 1. The van der Waals surface area contributed by atoms with Crippen LogP contribution in [0.5, 0.6) is 17.6 Å². The number of nitrogens with one attached hydrogen (secondary N) is 1. The molecule has 0 unspecified atom stereocenters. The summed E-state index contributed by atoms with van der Waals surface area (Å²) in [5.74, 6) is 1.13. The van der Waals surface area contributed by atoms with Crippen molar-refractivity contribution in [2.75, 3.05) is 27.3 Å². The number of nitrogens with zero attached hydrogens (tertiary/aromatic N) is 3. The lowest BCUT2D eigenvalue weighted by Crippen LogP contribution is -2.58. The van der Waals surface area contributed by atoms with Crippen LogP contribution in [0.4, 0.5) is 0 Å². The molecule has 2 aliphatic carbocycles. The molecule has 52 heavy (non-hydrogen) atoms. The molecule has 0 radical (unpaired) electrons. The number of hydrogen-bond acceptors (Lipinski definition) is 9. The van der Waals surface area contributed by atoms with E-state index in [1.807, 2.05) is 48.2 Å². The molecule has 272 valence electrons. The number of carbonyl (C=O) groups is 2. The summed E-state index contributed by atoms with van der Waals surface area (Å²) in [6.45, 7) is 4.35. The monoisotopic (exact) mass is 744 g/mol. The standard InChI is InChI=1S/C40H42Cl2N4O6/c1-22-20-46(36(22)40(48)49)21-25-17-32(41)39(45-38(25)51-3)52-34-15-13-28-27(6-4-7-29(28)34)30-8-5-9-31(35(30)42)33-14-11-24(37(44-33)50-2)19-43-18-23-10-12-26(47)16-23/h4-9,11,14,17,22-23,34,36,43H,10,12-13,15-16,18-21H2,1-3H3,(H,48,49)/t22-,23-,34+,36+/m1/s1. The minimum atomic E-state index is -0.839. The van der Waals surface area contributed by atoms with Crippen molar-refractivity contribution in [1.29, 1.82) is 0 Å². The normalized spacial score (nSPS) is 21.1. The second-order valence-electron chi connectivity index (χ2n) is 14.0. The van der Waals surface area contributed by atoms with Gasteiger partial charge in [-0.15, -0.1) is 0 Å². The van der Waals surface area contributed by atoms with E-state index < -0.39 is 12.0 Å². The lowest BCUT2D eigenvalue weighted by molar-refractivity contribution is -0.153. The molecule has 2 aromatic carbocycles. The van der Waals surface area contributed by atoms with Gasteiger partial charge in [0.2, 0.25) is 17.6 Å². The first kappa shape index (κ1) is 36.2. The number of benzene rings is 2. The van der Waals surface area contributed by atoms with Crippen molar-refractivity contribution < 1.29 is 28.9 Å². The van der Waals surface area contributed by atoms with Gasteiger partial charge in [-0.2, -0.15) is 4.98 Å². The molecule has 1 aliphatic heterocycles. The number of Topliss-reactive ketones (excluding diaryl/α,β-unsaturated/α-hetero) is 1. The van der Waals surface area contributed by atoms with Crippen molar-refractivity contribution in [1.82, 2.24) is 20.2 Å². The molecule has 7 rings (SSSR count). The van der Waals surface area contributed by atoms with E-state index >= 15 is 0 Å². The maximum Gasteiger partial charge on any atom is 0.321 e. The molecule has 3 aliphatic rings. The number of fused-ring (bicyclic) bond motifs is 1. The van der Waals surface area contributed by atoms with Crippen molar-refractivity contribution in [3.63, 3.8) is 0 Å². The Bertz CT molecular complexity index is 2010. The molecular formula is C40H42Cl2N4O6. The van der Waals surface area contributed by atoms with Crippen LogP contribution in [-0.2, 0) is 29.1 Å². The van der Waals surface area contributed by atoms with Crippen molar-refractivity contribution in [2.24, 2.45) is 11.8 Å². The Kier molecular flexibility index (Phi) is 10.7. The average molecular weight is 746 g/mol. The molecule has 4 aromatic rings. The van der Waals surface area contributed by atoms with Crippen LogP contribution in [0.25, 0.3) is 22.4 Å². The molecule has 0 amide bonds. The van der Waals surface area contributed by atoms with Crippen molar-refractivity contribution in [2.45, 2.75) is 64.3 Å². The quantitative estimate of drug-likeness (QED) is 0.142. The number of likely N-dealkylation sites (tertiary alicyclic amines) is 1. The fourth-order valence-corrected chi connectivity index (χ4v) is 8.47. The smallest absolute Gasteiger partial charge is 0.321 e. The number of ether oxygens (including phenoxy) is 3. The van der Waals surface area contributed by atoms with Gasteiger partial charge in [0.25, 0.3) is 0 Å². The fourth-order valence-electron chi connectivity index (χ4n) is 7.92. The molecule has 1 saturated carbocycles. The van der Waals surface area contributed by atoms with Gasteiger partial charge in [0, 0.05) is 54.7 Å². The van der Waals surface area contributed by atoms with E-state index in [1.54, 1.807) is 13.2 Å². The highest BCUT2D eigenvalue weighted by atomic mass is 35.5. The Hall–Kier alpha value is -4.22. The van der Waals surface area contributed by atoms with Crippen LogP contribution in [0.2, 0.25) is 10.0 Å². The zero-order valence-electron chi connectivity index (χ0n) is 29.5. The molecule has 2 fully saturated rings. The number of rotatable bonds is 13. The van der Waals surface area contributed by atoms with Crippen LogP contribution in [-0.4, -0.2) is 65.1 Å². The number of carbonyl (C=O) groups excluding carboxylic acids is 1. The summed E-state index contributed by atoms with van der Waals surface area (Å²) >= 11 is 13.9. The Morgan fingerprint density at radius 2 is 1.69 bits per heavy atom. The molecule has 12 heteroatoms. The lowest BCUT2D eigenvalue weighted by atomic mass is 9.90. The van der Waals surface area contributed by atoms with Crippen molar-refractivity contribution in [3.05, 3.63) is 86.9 Å². The third-order valence-corrected chi connectivity index (χ3v) is 11.2. The van der Waals surface area contributed by atoms with Crippen LogP contribution in [0.3, 0.4) is 0 Å². The third-order valence-electron chi connectivity index (χ3n) is 10.5. The highest BCUT2D eigenvalue weighted by Crippen LogP contribution is 2.45. The molecule has 2 aromatic heterocycles. The Morgan fingerprint density at radius 1 is 0.942 bits per heavy atom. The van der Waals surface area contributed by atoms with Gasteiger partial charge in [-0.1, -0.05) is 72.6 Å². The van der Waals surface area contributed by atoms with Crippen molar-refractivity contribution in [3.8, 4) is 40.0 Å². The zero-order valence-corrected chi connectivity index (χ0v) is 31.0. The van der Waals surface area contributed by atoms with Gasteiger partial charge in [-0.05, 0) is 66.5 Å². The number of pyridine rings is 2. The van der Waals surface area contributed by atoms with Crippen LogP contribution in [0.15, 0.2) is 54.6 Å². The summed E-state index contributed by atoms with van der Waals surface area (Å²) in [6.07, 6.45) is 3.49. The predicted molar refractivity (Wildman–Crippen MR) is 199 cm³/mol. The van der Waals surface area contributed by atoms with Gasteiger partial charge in [-0.3, -0.25) is 14.5 Å². The predicted octanol–water partition coefficient (Wildman–Crippen LogP) is 7.56. The van der Waals surface area contributed by atoms with E-state index in [-0.39, 0.29) is 17.9 Å². The van der Waals surface area contributed by atoms with Gasteiger partial charge >= 0.3 is 5.97 Å². The first-order valence-corrected chi connectivity index (χ1v) is 18.4. The summed E-state index contributed by atoms with van der Waals surface area (Å²) < 4.78 is 17.7. The number of carboxylic acid groups (broad SMARTS) is 1. The van der Waals surface area contributed by atoms with Crippen LogP contribution < -0.4 is 19.5 Å². The Balaban J connectivity index is 1.09. The number of aromatic nitrogens is 2. The van der Waals surface area contributed by atoms with E-state index in [4.69, 9.17) is 42.4 Å². The topological polar surface area (TPSA) is 123 Å². The Labute approximate surface area is 313 Å². The summed E-state index contributed by atoms with van der Waals surface area (Å²) in [4.78, 5) is 34.7. The van der Waals surface area contributed by atoms with E-state index in [1.165, 1.54) is 7.11 Å². The molecule has 4 atom stereocenters. The third kappa shape index (κ3) is 7.22. The van der Waals surface area contributed by atoms with Gasteiger partial charge in [0.15, 0.2) is 0 Å². The summed E-state index contributed by atoms with van der Waals surface area (Å²) in [7, 11) is 3.15. The van der Waals surface area contributed by atoms with Gasteiger partial charge in [0.1, 0.15) is 23.0 Å². The Morgan fingerprint density at radius 3 is 2.42 bits per heavy atom. The number of methoxy groups -OCH3 is 2. The molecule has 0 spiro atoms. The highest BCUT2D eigenvalue weighted by molar-refractivity contribution is 6.36. The molecular weight excluding hydrogens is 703 g/mol. The van der Waals surface area contributed by atoms with Gasteiger partial charge in [0.05, 0.1) is 24.9 Å². The maximum atomic E-state index is 11.7. The first-order chi connectivity index (χ1) is 25.1. The minimum absolute atomic E-state index is 0.0699. The molecule has 1 saturated heterocycles. The number of aliphatic carboxylic acids is 1.